The highest BCUT2D eigenvalue weighted by Crippen LogP contribution is 2.40. The lowest BCUT2D eigenvalue weighted by Gasteiger charge is -2.39. The van der Waals surface area contributed by atoms with E-state index in [-0.39, 0.29) is 0 Å². The molecule has 1 nitrogen and oxygen atoms in total. The van der Waals surface area contributed by atoms with Gasteiger partial charge in [0.15, 0.2) is 0 Å². The maximum Gasteiger partial charge on any atom is 0.115 e. The third-order valence-electron chi connectivity index (χ3n) is 5.42. The van der Waals surface area contributed by atoms with E-state index in [0.717, 1.165) is 0 Å². The van der Waals surface area contributed by atoms with Crippen LogP contribution in [0.1, 0.15) is 37.7 Å². The quantitative estimate of drug-likeness (QED) is 0.785. The Morgan fingerprint density at radius 3 is 2.18 bits per heavy atom. The number of benzene rings is 2. The van der Waals surface area contributed by atoms with Gasteiger partial charge in [0.25, 0.3) is 0 Å². The highest BCUT2D eigenvalue weighted by atomic mass is 28.3. The molecule has 3 rings (SSSR count). The molecule has 1 fully saturated rings. The van der Waals surface area contributed by atoms with Crippen LogP contribution in [0.15, 0.2) is 54.6 Å². The molecule has 0 spiro atoms. The zero-order chi connectivity index (χ0) is 15.4. The van der Waals surface area contributed by atoms with Gasteiger partial charge in [-0.05, 0) is 36.5 Å². The Morgan fingerprint density at radius 2 is 1.59 bits per heavy atom. The Balaban J connectivity index is 1.76. The van der Waals surface area contributed by atoms with Crippen molar-refractivity contribution in [2.24, 2.45) is 0 Å². The zero-order valence-corrected chi connectivity index (χ0v) is 14.5. The van der Waals surface area contributed by atoms with Gasteiger partial charge in [-0.15, -0.1) is 0 Å². The van der Waals surface area contributed by atoms with Gasteiger partial charge in [-0.2, -0.15) is 0 Å². The molecular formula is C20H26OSi. The molecular weight excluding hydrogens is 284 g/mol. The summed E-state index contributed by atoms with van der Waals surface area (Å²) in [5.74, 6) is 1.06. The SMILES string of the molecule is CCC[Si]1(c2ccccc2)CCC(c2ccc(O)cc2)CC1. The minimum absolute atomic E-state index is 0.374. The number of hydrogen-bond donors (Lipinski definition) is 1. The van der Waals surface area contributed by atoms with Crippen molar-refractivity contribution in [3.63, 3.8) is 0 Å². The maximum absolute atomic E-state index is 9.46. The molecule has 0 radical (unpaired) electrons. The Bertz CT molecular complexity index is 583. The summed E-state index contributed by atoms with van der Waals surface area (Å²) in [5, 5.41) is 11.1. The molecule has 0 aliphatic carbocycles. The number of hydrogen-bond acceptors (Lipinski definition) is 1. The van der Waals surface area contributed by atoms with Gasteiger partial charge in [-0.3, -0.25) is 0 Å². The summed E-state index contributed by atoms with van der Waals surface area (Å²) in [6.07, 6.45) is 3.93. The van der Waals surface area contributed by atoms with Crippen molar-refractivity contribution in [3.8, 4) is 5.75 Å². The third-order valence-corrected chi connectivity index (χ3v) is 10.9. The van der Waals surface area contributed by atoms with Crippen LogP contribution in [-0.4, -0.2) is 13.2 Å². The van der Waals surface area contributed by atoms with Crippen molar-refractivity contribution in [1.82, 2.24) is 0 Å². The predicted molar refractivity (Wildman–Crippen MR) is 96.6 cm³/mol. The van der Waals surface area contributed by atoms with Gasteiger partial charge < -0.3 is 5.11 Å². The first-order chi connectivity index (χ1) is 10.7. The summed E-state index contributed by atoms with van der Waals surface area (Å²) >= 11 is 0. The van der Waals surface area contributed by atoms with Crippen molar-refractivity contribution in [1.29, 1.82) is 0 Å². The van der Waals surface area contributed by atoms with Crippen molar-refractivity contribution >= 4 is 13.3 Å². The van der Waals surface area contributed by atoms with E-state index < -0.39 is 8.07 Å². The van der Waals surface area contributed by atoms with Crippen LogP contribution in [0, 0.1) is 0 Å². The van der Waals surface area contributed by atoms with Crippen LogP contribution in [0.25, 0.3) is 0 Å². The van der Waals surface area contributed by atoms with Gasteiger partial charge in [0.05, 0.1) is 8.07 Å². The highest BCUT2D eigenvalue weighted by molar-refractivity contribution is 6.92. The average molecular weight is 311 g/mol. The lowest BCUT2D eigenvalue weighted by Crippen LogP contribution is -2.49. The molecule has 22 heavy (non-hydrogen) atoms. The Kier molecular flexibility index (Phi) is 4.68. The Morgan fingerprint density at radius 1 is 0.955 bits per heavy atom. The fourth-order valence-corrected chi connectivity index (χ4v) is 9.48. The van der Waals surface area contributed by atoms with E-state index in [1.165, 1.54) is 43.0 Å². The zero-order valence-electron chi connectivity index (χ0n) is 13.5. The minimum Gasteiger partial charge on any atom is -0.508 e. The molecule has 1 heterocycles. The van der Waals surface area contributed by atoms with Gasteiger partial charge >= 0.3 is 0 Å². The number of phenolic OH excluding ortho intramolecular Hbond substituents is 1. The van der Waals surface area contributed by atoms with Crippen LogP contribution in [0.3, 0.4) is 0 Å². The first-order valence-corrected chi connectivity index (χ1v) is 11.2. The van der Waals surface area contributed by atoms with E-state index in [1.54, 1.807) is 5.19 Å². The summed E-state index contributed by atoms with van der Waals surface area (Å²) in [7, 11) is -1.29. The topological polar surface area (TPSA) is 20.2 Å². The molecule has 1 saturated heterocycles. The average Bonchev–Trinajstić information content (AvgIpc) is 2.57. The summed E-state index contributed by atoms with van der Waals surface area (Å²) in [6, 6.07) is 23.5. The Labute approximate surface area is 135 Å². The molecule has 0 aromatic heterocycles. The van der Waals surface area contributed by atoms with Crippen LogP contribution in [0.4, 0.5) is 0 Å². The van der Waals surface area contributed by atoms with Crippen molar-refractivity contribution in [2.45, 2.75) is 50.2 Å². The van der Waals surface area contributed by atoms with Crippen molar-refractivity contribution in [3.05, 3.63) is 60.2 Å². The second-order valence-electron chi connectivity index (χ2n) is 6.76. The van der Waals surface area contributed by atoms with E-state index in [0.29, 0.717) is 11.7 Å². The van der Waals surface area contributed by atoms with E-state index in [2.05, 4.69) is 49.4 Å². The standard InChI is InChI=1S/C20H26OSi/c1-2-14-22(20-6-4-3-5-7-20)15-12-18(13-16-22)17-8-10-19(21)11-9-17/h3-11,18,21H,2,12-16H2,1H3. The fourth-order valence-electron chi connectivity index (χ4n) is 4.20. The smallest absolute Gasteiger partial charge is 0.115 e. The lowest BCUT2D eigenvalue weighted by atomic mass is 9.93. The Hall–Kier alpha value is -1.54. The van der Waals surface area contributed by atoms with E-state index >= 15 is 0 Å². The first kappa shape index (κ1) is 15.4. The van der Waals surface area contributed by atoms with Crippen molar-refractivity contribution in [2.75, 3.05) is 0 Å². The number of aromatic hydroxyl groups is 1. The van der Waals surface area contributed by atoms with Crippen LogP contribution >= 0.6 is 0 Å². The molecule has 2 aromatic carbocycles. The van der Waals surface area contributed by atoms with Gasteiger partial charge in [0.2, 0.25) is 0 Å². The molecule has 0 saturated carbocycles. The van der Waals surface area contributed by atoms with Crippen LogP contribution in [0.5, 0.6) is 5.75 Å². The fraction of sp³-hybridized carbons (Fsp3) is 0.400. The van der Waals surface area contributed by atoms with E-state index in [4.69, 9.17) is 0 Å². The van der Waals surface area contributed by atoms with Gasteiger partial charge in [0, 0.05) is 0 Å². The van der Waals surface area contributed by atoms with Crippen LogP contribution in [-0.2, 0) is 0 Å². The molecule has 1 N–H and O–H groups in total. The molecule has 2 heteroatoms. The summed E-state index contributed by atoms with van der Waals surface area (Å²) in [5.41, 5.74) is 1.41. The lowest BCUT2D eigenvalue weighted by molar-refractivity contribution is 0.474. The summed E-state index contributed by atoms with van der Waals surface area (Å²) in [6.45, 7) is 2.34. The molecule has 1 aliphatic heterocycles. The largest absolute Gasteiger partial charge is 0.508 e. The third kappa shape index (κ3) is 3.12. The van der Waals surface area contributed by atoms with Crippen LogP contribution in [0.2, 0.25) is 18.1 Å². The maximum atomic E-state index is 9.46. The molecule has 116 valence electrons. The van der Waals surface area contributed by atoms with Gasteiger partial charge in [-0.25, -0.2) is 0 Å². The molecule has 1 aliphatic rings. The predicted octanol–water partition coefficient (Wildman–Crippen LogP) is 5.04. The first-order valence-electron chi connectivity index (χ1n) is 8.58. The molecule has 0 atom stereocenters. The second-order valence-corrected chi connectivity index (χ2v) is 11.4. The highest BCUT2D eigenvalue weighted by Gasteiger charge is 2.38. The van der Waals surface area contributed by atoms with Crippen LogP contribution < -0.4 is 5.19 Å². The van der Waals surface area contributed by atoms with Crippen molar-refractivity contribution < 1.29 is 5.11 Å². The second kappa shape index (κ2) is 6.70. The van der Waals surface area contributed by atoms with E-state index in [1.807, 2.05) is 12.1 Å². The number of phenols is 1. The minimum atomic E-state index is -1.29. The monoisotopic (exact) mass is 310 g/mol. The molecule has 0 bridgehead atoms. The normalized spacial score (nSPS) is 25.0. The number of rotatable bonds is 4. The van der Waals surface area contributed by atoms with Gasteiger partial charge in [-0.1, -0.05) is 79.1 Å². The van der Waals surface area contributed by atoms with Gasteiger partial charge in [0.1, 0.15) is 5.75 Å². The molecule has 2 aromatic rings. The van der Waals surface area contributed by atoms with E-state index in [9.17, 15) is 5.11 Å². The molecule has 0 amide bonds. The summed E-state index contributed by atoms with van der Waals surface area (Å²) < 4.78 is 0. The summed E-state index contributed by atoms with van der Waals surface area (Å²) in [4.78, 5) is 0. The molecule has 0 unspecified atom stereocenters.